The van der Waals surface area contributed by atoms with Crippen LogP contribution in [-0.4, -0.2) is 66.5 Å². The van der Waals surface area contributed by atoms with Crippen LogP contribution in [0, 0.1) is 0 Å². The van der Waals surface area contributed by atoms with E-state index in [1.165, 1.54) is 12.1 Å². The Hall–Kier alpha value is -3.26. The molecule has 2 aromatic rings. The van der Waals surface area contributed by atoms with E-state index in [1.807, 2.05) is 0 Å². The van der Waals surface area contributed by atoms with Crippen LogP contribution in [0.4, 0.5) is 0 Å². The Kier molecular flexibility index (Phi) is 15.3. The van der Waals surface area contributed by atoms with Gasteiger partial charge in [0.25, 0.3) is 0 Å². The Morgan fingerprint density at radius 1 is 0.394 bits per heavy atom. The molecule has 0 spiro atoms. The van der Waals surface area contributed by atoms with Gasteiger partial charge in [-0.1, -0.05) is 12.1 Å². The molecular formula is C18H12Ni3O12. The first-order chi connectivity index (χ1) is 13.9. The van der Waals surface area contributed by atoms with E-state index in [0.29, 0.717) is 0 Å². The predicted molar refractivity (Wildman–Crippen MR) is 94.6 cm³/mol. The maximum absolute atomic E-state index is 10.7. The maximum atomic E-state index is 10.7. The second kappa shape index (κ2) is 14.7. The van der Waals surface area contributed by atoms with E-state index < -0.39 is 69.2 Å². The molecule has 0 saturated carbocycles. The summed E-state index contributed by atoms with van der Waals surface area (Å²) in [5, 5.41) is 52.1. The third-order valence-electron chi connectivity index (χ3n) is 3.48. The summed E-state index contributed by atoms with van der Waals surface area (Å²) in [5.41, 5.74) is -3.58. The molecule has 2 aromatic carbocycles. The molecule has 0 amide bonds. The zero-order valence-corrected chi connectivity index (χ0v) is 18.5. The van der Waals surface area contributed by atoms with E-state index >= 15 is 0 Å². The second-order valence-corrected chi connectivity index (χ2v) is 5.29. The van der Waals surface area contributed by atoms with Gasteiger partial charge in [-0.2, -0.15) is 0 Å². The van der Waals surface area contributed by atoms with Gasteiger partial charge < -0.3 is 30.6 Å². The minimum atomic E-state index is -1.58. The third-order valence-corrected chi connectivity index (χ3v) is 3.48. The molecule has 15 heteroatoms. The van der Waals surface area contributed by atoms with Crippen LogP contribution >= 0.6 is 0 Å². The van der Waals surface area contributed by atoms with Crippen molar-refractivity contribution in [2.24, 2.45) is 0 Å². The van der Waals surface area contributed by atoms with Crippen LogP contribution in [-0.2, 0) is 49.5 Å². The van der Waals surface area contributed by atoms with Gasteiger partial charge in [-0.3, -0.25) is 0 Å². The number of hydrogen-bond acceptors (Lipinski definition) is 6. The fourth-order valence-corrected chi connectivity index (χ4v) is 2.28. The summed E-state index contributed by atoms with van der Waals surface area (Å²) in [6.07, 6.45) is 0. The van der Waals surface area contributed by atoms with Gasteiger partial charge in [-0.25, -0.2) is 28.8 Å². The van der Waals surface area contributed by atoms with Gasteiger partial charge in [0.2, 0.25) is 0 Å². The Bertz CT molecular complexity index is 931. The van der Waals surface area contributed by atoms with Crippen LogP contribution in [0.2, 0.25) is 0 Å². The van der Waals surface area contributed by atoms with Crippen molar-refractivity contribution in [1.29, 1.82) is 0 Å². The van der Waals surface area contributed by atoms with Crippen molar-refractivity contribution in [3.8, 4) is 0 Å². The predicted octanol–water partition coefficient (Wildman–Crippen LogP) is 1.55. The molecule has 0 aromatic heterocycles. The molecule has 186 valence electrons. The molecule has 0 atom stereocenters. The maximum Gasteiger partial charge on any atom is 0.337 e. The van der Waals surface area contributed by atoms with Gasteiger partial charge in [-0.05, 0) is 24.3 Å². The minimum absolute atomic E-state index is 0. The molecule has 0 unspecified atom stereocenters. The third kappa shape index (κ3) is 8.65. The van der Waals surface area contributed by atoms with Crippen molar-refractivity contribution in [1.82, 2.24) is 0 Å². The second-order valence-electron chi connectivity index (χ2n) is 5.29. The molecular weight excluding hydrogens is 584 g/mol. The van der Waals surface area contributed by atoms with E-state index in [1.54, 1.807) is 0 Å². The van der Waals surface area contributed by atoms with Gasteiger partial charge in [-0.15, -0.1) is 0 Å². The summed E-state index contributed by atoms with van der Waals surface area (Å²) in [6.45, 7) is 0. The van der Waals surface area contributed by atoms with Crippen molar-refractivity contribution < 1.29 is 109 Å². The molecule has 12 nitrogen and oxygen atoms in total. The summed E-state index contributed by atoms with van der Waals surface area (Å²) in [7, 11) is 0. The average molecular weight is 596 g/mol. The number of aromatic carboxylic acids is 6. The fraction of sp³-hybridized carbons (Fsp3) is 0. The Labute approximate surface area is 214 Å². The van der Waals surface area contributed by atoms with Gasteiger partial charge in [0, 0.05) is 49.5 Å². The first-order valence-electron chi connectivity index (χ1n) is 7.55. The first-order valence-corrected chi connectivity index (χ1v) is 7.55. The van der Waals surface area contributed by atoms with E-state index in [-0.39, 0.29) is 49.5 Å². The number of rotatable bonds is 6. The van der Waals surface area contributed by atoms with Gasteiger partial charge in [0.05, 0.1) is 33.4 Å². The molecule has 2 rings (SSSR count). The van der Waals surface area contributed by atoms with Crippen molar-refractivity contribution in [3.05, 3.63) is 69.8 Å². The van der Waals surface area contributed by atoms with Crippen LogP contribution in [0.1, 0.15) is 62.1 Å². The number of carboxylic acids is 6. The molecule has 33 heavy (non-hydrogen) atoms. The summed E-state index contributed by atoms with van der Waals surface area (Å²) >= 11 is 0. The van der Waals surface area contributed by atoms with Crippen LogP contribution in [0.25, 0.3) is 0 Å². The molecule has 0 heterocycles. The SMILES string of the molecule is O=C(O)c1cccc(C(=O)O)c1C(=O)O.O=C(O)c1cccc(C(=O)O)c1C(=O)O.[Ni].[Ni].[Ni]. The summed E-state index contributed by atoms with van der Waals surface area (Å²) in [5.74, 6) is -9.06. The molecule has 0 radical (unpaired) electrons. The van der Waals surface area contributed by atoms with Gasteiger partial charge in [0.1, 0.15) is 0 Å². The van der Waals surface area contributed by atoms with Crippen LogP contribution in [0.3, 0.4) is 0 Å². The average Bonchev–Trinajstić information content (AvgIpc) is 2.66. The fourth-order valence-electron chi connectivity index (χ4n) is 2.28. The topological polar surface area (TPSA) is 224 Å². The van der Waals surface area contributed by atoms with Crippen LogP contribution in [0.5, 0.6) is 0 Å². The zero-order chi connectivity index (χ0) is 23.2. The van der Waals surface area contributed by atoms with Crippen LogP contribution < -0.4 is 0 Å². The van der Waals surface area contributed by atoms with E-state index in [9.17, 15) is 28.8 Å². The van der Waals surface area contributed by atoms with Gasteiger partial charge >= 0.3 is 35.8 Å². The summed E-state index contributed by atoms with van der Waals surface area (Å²) in [4.78, 5) is 64.0. The Morgan fingerprint density at radius 3 is 0.697 bits per heavy atom. The summed E-state index contributed by atoms with van der Waals surface area (Å²) < 4.78 is 0. The quantitative estimate of drug-likeness (QED) is 0.261. The van der Waals surface area contributed by atoms with E-state index in [0.717, 1.165) is 24.3 Å². The minimum Gasteiger partial charge on any atom is -0.478 e. The Balaban J connectivity index is -0.000000500. The standard InChI is InChI=1S/2C9H6O6.3Ni/c2*10-7(11)4-2-1-3-5(8(12)13)6(4)9(14)15;;;/h2*1-3H,(H,10,11)(H,12,13)(H,14,15);;;. The molecule has 0 aliphatic heterocycles. The van der Waals surface area contributed by atoms with E-state index in [2.05, 4.69) is 0 Å². The van der Waals surface area contributed by atoms with Crippen molar-refractivity contribution in [3.63, 3.8) is 0 Å². The van der Waals surface area contributed by atoms with Crippen LogP contribution in [0.15, 0.2) is 36.4 Å². The Morgan fingerprint density at radius 2 is 0.576 bits per heavy atom. The number of hydrogen-bond donors (Lipinski definition) is 6. The molecule has 0 aliphatic carbocycles. The zero-order valence-electron chi connectivity index (χ0n) is 15.5. The normalized spacial score (nSPS) is 8.73. The number of carboxylic acid groups (broad SMARTS) is 6. The van der Waals surface area contributed by atoms with E-state index in [4.69, 9.17) is 30.6 Å². The van der Waals surface area contributed by atoms with Gasteiger partial charge in [0.15, 0.2) is 0 Å². The van der Waals surface area contributed by atoms with Crippen molar-refractivity contribution >= 4 is 35.8 Å². The first kappa shape index (κ1) is 34.4. The van der Waals surface area contributed by atoms with Crippen molar-refractivity contribution in [2.45, 2.75) is 0 Å². The molecule has 0 fully saturated rings. The molecule has 0 bridgehead atoms. The largest absolute Gasteiger partial charge is 0.478 e. The molecule has 6 N–H and O–H groups in total. The molecule has 0 aliphatic rings. The summed E-state index contributed by atoms with van der Waals surface area (Å²) in [6, 6.07) is 6.52. The number of carbonyl (C=O) groups is 6. The number of benzene rings is 2. The monoisotopic (exact) mass is 594 g/mol. The smallest absolute Gasteiger partial charge is 0.337 e. The molecule has 0 saturated heterocycles. The van der Waals surface area contributed by atoms with Crippen molar-refractivity contribution in [2.75, 3.05) is 0 Å².